The van der Waals surface area contributed by atoms with Gasteiger partial charge in [-0.15, -0.1) is 10.2 Å². The van der Waals surface area contributed by atoms with Gasteiger partial charge >= 0.3 is 0 Å². The number of amides is 1. The maximum atomic E-state index is 12.2. The van der Waals surface area contributed by atoms with E-state index in [2.05, 4.69) is 20.5 Å². The Hall–Kier alpha value is -2.09. The zero-order chi connectivity index (χ0) is 17.8. The molecule has 3 aromatic rings. The van der Waals surface area contributed by atoms with Crippen LogP contribution in [0.1, 0.15) is 5.82 Å². The number of carbonyl (C=O) groups excluding carboxylic acids is 1. The standard InChI is InChI=1S/C16H13Cl2N5OS/c1-10-21-22-16(23(10)12-5-3-2-4-6-12)25-9-14(24)20-15-13(18)7-11(17)8-19-15/h2-8H,9H2,1H3,(H,19,20,24). The van der Waals surface area contributed by atoms with E-state index in [9.17, 15) is 4.79 Å². The maximum Gasteiger partial charge on any atom is 0.236 e. The Balaban J connectivity index is 1.69. The van der Waals surface area contributed by atoms with Gasteiger partial charge in [-0.1, -0.05) is 53.2 Å². The molecule has 9 heteroatoms. The van der Waals surface area contributed by atoms with E-state index >= 15 is 0 Å². The van der Waals surface area contributed by atoms with Gasteiger partial charge in [0.25, 0.3) is 0 Å². The second-order valence-electron chi connectivity index (χ2n) is 5.02. The molecule has 0 spiro atoms. The lowest BCUT2D eigenvalue weighted by atomic mass is 10.3. The molecule has 2 aromatic heterocycles. The monoisotopic (exact) mass is 393 g/mol. The van der Waals surface area contributed by atoms with Crippen molar-refractivity contribution >= 4 is 46.7 Å². The Labute approximate surface area is 158 Å². The molecule has 0 fully saturated rings. The average molecular weight is 394 g/mol. The number of nitrogens with one attached hydrogen (secondary N) is 1. The summed E-state index contributed by atoms with van der Waals surface area (Å²) in [6.45, 7) is 1.86. The lowest BCUT2D eigenvalue weighted by Crippen LogP contribution is -2.15. The number of benzene rings is 1. The van der Waals surface area contributed by atoms with Crippen LogP contribution in [0.5, 0.6) is 0 Å². The van der Waals surface area contributed by atoms with Gasteiger partial charge in [-0.3, -0.25) is 9.36 Å². The number of halogens is 2. The molecule has 1 aromatic carbocycles. The van der Waals surface area contributed by atoms with Gasteiger partial charge < -0.3 is 5.32 Å². The molecule has 25 heavy (non-hydrogen) atoms. The van der Waals surface area contributed by atoms with Crippen molar-refractivity contribution in [2.24, 2.45) is 0 Å². The highest BCUT2D eigenvalue weighted by molar-refractivity contribution is 7.99. The summed E-state index contributed by atoms with van der Waals surface area (Å²) in [5, 5.41) is 12.2. The smallest absolute Gasteiger partial charge is 0.236 e. The first-order valence-electron chi connectivity index (χ1n) is 7.25. The molecule has 0 aliphatic heterocycles. The number of anilines is 1. The van der Waals surface area contributed by atoms with Gasteiger partial charge in [-0.25, -0.2) is 4.98 Å². The van der Waals surface area contributed by atoms with Crippen LogP contribution >= 0.6 is 35.0 Å². The number of hydrogen-bond donors (Lipinski definition) is 1. The number of aryl methyl sites for hydroxylation is 1. The van der Waals surface area contributed by atoms with Crippen LogP contribution in [0.2, 0.25) is 10.0 Å². The van der Waals surface area contributed by atoms with Gasteiger partial charge in [0.05, 0.1) is 15.8 Å². The molecule has 0 atom stereocenters. The van der Waals surface area contributed by atoms with Gasteiger partial charge in [0, 0.05) is 11.9 Å². The first-order valence-corrected chi connectivity index (χ1v) is 9.00. The highest BCUT2D eigenvalue weighted by Gasteiger charge is 2.14. The molecule has 6 nitrogen and oxygen atoms in total. The zero-order valence-corrected chi connectivity index (χ0v) is 15.4. The van der Waals surface area contributed by atoms with E-state index in [1.807, 2.05) is 41.8 Å². The molecule has 0 aliphatic rings. The Morgan fingerprint density at radius 2 is 2.00 bits per heavy atom. The SMILES string of the molecule is Cc1nnc(SCC(=O)Nc2ncc(Cl)cc2Cl)n1-c1ccccc1. The number of para-hydroxylation sites is 1. The lowest BCUT2D eigenvalue weighted by Gasteiger charge is -2.09. The van der Waals surface area contributed by atoms with E-state index in [0.717, 1.165) is 11.5 Å². The van der Waals surface area contributed by atoms with Crippen LogP contribution in [0.15, 0.2) is 47.8 Å². The van der Waals surface area contributed by atoms with Crippen LogP contribution in [0.25, 0.3) is 5.69 Å². The summed E-state index contributed by atoms with van der Waals surface area (Å²) in [5.41, 5.74) is 0.940. The van der Waals surface area contributed by atoms with Gasteiger partial charge in [0.1, 0.15) is 5.82 Å². The van der Waals surface area contributed by atoms with Crippen molar-refractivity contribution in [3.8, 4) is 5.69 Å². The average Bonchev–Trinajstić information content (AvgIpc) is 2.97. The van der Waals surface area contributed by atoms with Crippen molar-refractivity contribution in [3.63, 3.8) is 0 Å². The van der Waals surface area contributed by atoms with Crippen molar-refractivity contribution in [2.45, 2.75) is 12.1 Å². The second kappa shape index (κ2) is 7.86. The van der Waals surface area contributed by atoms with Crippen LogP contribution in [0.3, 0.4) is 0 Å². The third-order valence-electron chi connectivity index (χ3n) is 3.21. The van der Waals surface area contributed by atoms with Crippen molar-refractivity contribution in [2.75, 3.05) is 11.1 Å². The van der Waals surface area contributed by atoms with Gasteiger partial charge in [-0.2, -0.15) is 0 Å². The summed E-state index contributed by atoms with van der Waals surface area (Å²) >= 11 is 13.1. The molecule has 0 bridgehead atoms. The van der Waals surface area contributed by atoms with E-state index in [1.165, 1.54) is 24.0 Å². The van der Waals surface area contributed by atoms with Gasteiger partial charge in [0.15, 0.2) is 11.0 Å². The molecule has 1 N–H and O–H groups in total. The third-order valence-corrected chi connectivity index (χ3v) is 4.63. The summed E-state index contributed by atoms with van der Waals surface area (Å²) in [4.78, 5) is 16.2. The van der Waals surface area contributed by atoms with Crippen LogP contribution in [-0.4, -0.2) is 31.4 Å². The largest absolute Gasteiger partial charge is 0.309 e. The predicted octanol–water partition coefficient (Wildman–Crippen LogP) is 4.01. The molecule has 3 rings (SSSR count). The highest BCUT2D eigenvalue weighted by Crippen LogP contribution is 2.24. The van der Waals surface area contributed by atoms with E-state index in [1.54, 1.807) is 0 Å². The minimum atomic E-state index is -0.248. The minimum Gasteiger partial charge on any atom is -0.309 e. The van der Waals surface area contributed by atoms with E-state index in [4.69, 9.17) is 23.2 Å². The Morgan fingerprint density at radius 1 is 1.24 bits per heavy atom. The number of rotatable bonds is 5. The molecule has 2 heterocycles. The van der Waals surface area contributed by atoms with Crippen molar-refractivity contribution < 1.29 is 4.79 Å². The Bertz CT molecular complexity index is 901. The molecule has 0 saturated heterocycles. The number of carbonyl (C=O) groups is 1. The summed E-state index contributed by atoms with van der Waals surface area (Å²) in [5.74, 6) is 0.918. The van der Waals surface area contributed by atoms with Gasteiger partial charge in [0.2, 0.25) is 5.91 Å². The third kappa shape index (κ3) is 4.31. The molecule has 0 unspecified atom stereocenters. The quantitative estimate of drug-likeness (QED) is 0.662. The minimum absolute atomic E-state index is 0.144. The Kier molecular flexibility index (Phi) is 5.57. The molecule has 1 amide bonds. The van der Waals surface area contributed by atoms with E-state index in [-0.39, 0.29) is 22.5 Å². The lowest BCUT2D eigenvalue weighted by molar-refractivity contribution is -0.113. The molecular weight excluding hydrogens is 381 g/mol. The number of pyridine rings is 1. The number of hydrogen-bond acceptors (Lipinski definition) is 5. The number of aromatic nitrogens is 4. The van der Waals surface area contributed by atoms with Crippen molar-refractivity contribution in [3.05, 3.63) is 58.5 Å². The van der Waals surface area contributed by atoms with Crippen LogP contribution in [-0.2, 0) is 4.79 Å². The zero-order valence-electron chi connectivity index (χ0n) is 13.1. The molecule has 0 aliphatic carbocycles. The van der Waals surface area contributed by atoms with Crippen molar-refractivity contribution in [1.82, 2.24) is 19.7 Å². The molecule has 0 radical (unpaired) electrons. The fraction of sp³-hybridized carbons (Fsp3) is 0.125. The fourth-order valence-corrected chi connectivity index (χ4v) is 3.34. The Morgan fingerprint density at radius 3 is 2.72 bits per heavy atom. The maximum absolute atomic E-state index is 12.2. The van der Waals surface area contributed by atoms with Crippen LogP contribution in [0.4, 0.5) is 5.82 Å². The van der Waals surface area contributed by atoms with Gasteiger partial charge in [-0.05, 0) is 25.1 Å². The fourth-order valence-electron chi connectivity index (χ4n) is 2.12. The summed E-state index contributed by atoms with van der Waals surface area (Å²) in [6, 6.07) is 11.2. The predicted molar refractivity (Wildman–Crippen MR) is 99.7 cm³/mol. The normalized spacial score (nSPS) is 10.7. The van der Waals surface area contributed by atoms with Crippen LogP contribution < -0.4 is 5.32 Å². The highest BCUT2D eigenvalue weighted by atomic mass is 35.5. The van der Waals surface area contributed by atoms with E-state index in [0.29, 0.717) is 10.2 Å². The second-order valence-corrected chi connectivity index (χ2v) is 6.81. The molecule has 0 saturated carbocycles. The number of nitrogens with zero attached hydrogens (tertiary/aromatic N) is 4. The van der Waals surface area contributed by atoms with Crippen LogP contribution in [0, 0.1) is 6.92 Å². The first-order chi connectivity index (χ1) is 12.0. The molecular formula is C16H13Cl2N5OS. The summed E-state index contributed by atoms with van der Waals surface area (Å²) in [7, 11) is 0. The van der Waals surface area contributed by atoms with Crippen molar-refractivity contribution in [1.29, 1.82) is 0 Å². The van der Waals surface area contributed by atoms with E-state index < -0.39 is 0 Å². The summed E-state index contributed by atoms with van der Waals surface area (Å²) in [6.07, 6.45) is 1.42. The topological polar surface area (TPSA) is 72.7 Å². The summed E-state index contributed by atoms with van der Waals surface area (Å²) < 4.78 is 1.89. The first kappa shape index (κ1) is 17.7. The molecule has 128 valence electrons. The number of thioether (sulfide) groups is 1.